The molecule has 30 heavy (non-hydrogen) atoms. The molecule has 0 N–H and O–H groups in total. The van der Waals surface area contributed by atoms with Gasteiger partial charge in [-0.25, -0.2) is 0 Å². The van der Waals surface area contributed by atoms with E-state index >= 15 is 0 Å². The Morgan fingerprint density at radius 2 is 1.83 bits per heavy atom. The number of carbonyl (C=O) groups excluding carboxylic acids is 1. The standard InChI is InChI=1S/C25H28N2O3/c1-3-30-20-9-10-23-21(16-20)24(28)22(17-26(23)2)25(29)27-13-11-19(12-14-27)15-18-7-5-4-6-8-18/h4-10,16-17,19H,3,11-15H2,1-2H3. The number of aryl methyl sites for hydroxylation is 1. The molecule has 0 saturated carbocycles. The van der Waals surface area contributed by atoms with E-state index in [4.69, 9.17) is 4.74 Å². The van der Waals surface area contributed by atoms with Gasteiger partial charge < -0.3 is 14.2 Å². The highest BCUT2D eigenvalue weighted by atomic mass is 16.5. The number of benzene rings is 2. The van der Waals surface area contributed by atoms with E-state index in [9.17, 15) is 9.59 Å². The van der Waals surface area contributed by atoms with Crippen LogP contribution in [0, 0.1) is 5.92 Å². The molecule has 0 unspecified atom stereocenters. The third kappa shape index (κ3) is 4.11. The van der Waals surface area contributed by atoms with E-state index in [-0.39, 0.29) is 16.9 Å². The lowest BCUT2D eigenvalue weighted by atomic mass is 9.90. The second-order valence-electron chi connectivity index (χ2n) is 8.02. The minimum Gasteiger partial charge on any atom is -0.494 e. The van der Waals surface area contributed by atoms with Crippen molar-refractivity contribution >= 4 is 16.8 Å². The third-order valence-electron chi connectivity index (χ3n) is 5.97. The van der Waals surface area contributed by atoms with Gasteiger partial charge in [0, 0.05) is 26.3 Å². The Balaban J connectivity index is 1.52. The van der Waals surface area contributed by atoms with Crippen LogP contribution >= 0.6 is 0 Å². The van der Waals surface area contributed by atoms with Crippen molar-refractivity contribution in [2.45, 2.75) is 26.2 Å². The average Bonchev–Trinajstić information content (AvgIpc) is 2.77. The number of ether oxygens (including phenoxy) is 1. The van der Waals surface area contributed by atoms with Gasteiger partial charge in [-0.3, -0.25) is 9.59 Å². The Labute approximate surface area is 176 Å². The van der Waals surface area contributed by atoms with Crippen molar-refractivity contribution in [2.75, 3.05) is 19.7 Å². The van der Waals surface area contributed by atoms with Crippen molar-refractivity contribution < 1.29 is 9.53 Å². The van der Waals surface area contributed by atoms with Gasteiger partial charge in [0.15, 0.2) is 0 Å². The van der Waals surface area contributed by atoms with Crippen molar-refractivity contribution in [2.24, 2.45) is 13.0 Å². The molecule has 1 saturated heterocycles. The highest BCUT2D eigenvalue weighted by Gasteiger charge is 2.26. The summed E-state index contributed by atoms with van der Waals surface area (Å²) in [7, 11) is 1.87. The Bertz CT molecular complexity index is 1100. The van der Waals surface area contributed by atoms with Crippen LogP contribution in [0.2, 0.25) is 0 Å². The number of hydrogen-bond acceptors (Lipinski definition) is 3. The molecule has 1 aliphatic rings. The van der Waals surface area contributed by atoms with Gasteiger partial charge in [0.25, 0.3) is 5.91 Å². The predicted molar refractivity (Wildman–Crippen MR) is 119 cm³/mol. The van der Waals surface area contributed by atoms with Gasteiger partial charge in [-0.2, -0.15) is 0 Å². The fourth-order valence-corrected chi connectivity index (χ4v) is 4.34. The SMILES string of the molecule is CCOc1ccc2c(c1)c(=O)c(C(=O)N1CCC(Cc3ccccc3)CC1)cn2C. The fraction of sp³-hybridized carbons (Fsp3) is 0.360. The summed E-state index contributed by atoms with van der Waals surface area (Å²) < 4.78 is 7.39. The summed E-state index contributed by atoms with van der Waals surface area (Å²) in [4.78, 5) is 28.1. The van der Waals surface area contributed by atoms with Crippen molar-refractivity contribution in [3.05, 3.63) is 76.1 Å². The quantitative estimate of drug-likeness (QED) is 0.645. The highest BCUT2D eigenvalue weighted by molar-refractivity contribution is 5.97. The number of amides is 1. The predicted octanol–water partition coefficient (Wildman–Crippen LogP) is 4.03. The van der Waals surface area contributed by atoms with Crippen molar-refractivity contribution in [3.8, 4) is 5.75 Å². The molecule has 0 spiro atoms. The second kappa shape index (κ2) is 8.74. The van der Waals surface area contributed by atoms with Gasteiger partial charge in [0.2, 0.25) is 5.43 Å². The van der Waals surface area contributed by atoms with Crippen LogP contribution in [0.1, 0.15) is 35.7 Å². The first-order chi connectivity index (χ1) is 14.6. The van der Waals surface area contributed by atoms with Crippen LogP contribution in [0.15, 0.2) is 59.5 Å². The van der Waals surface area contributed by atoms with Crippen LogP contribution < -0.4 is 10.2 Å². The van der Waals surface area contributed by atoms with Crippen molar-refractivity contribution in [3.63, 3.8) is 0 Å². The number of aromatic nitrogens is 1. The minimum absolute atomic E-state index is 0.169. The average molecular weight is 405 g/mol. The van der Waals surface area contributed by atoms with Gasteiger partial charge >= 0.3 is 0 Å². The Morgan fingerprint density at radius 3 is 2.53 bits per heavy atom. The van der Waals surface area contributed by atoms with Gasteiger partial charge in [0.05, 0.1) is 17.5 Å². The second-order valence-corrected chi connectivity index (χ2v) is 8.02. The molecular weight excluding hydrogens is 376 g/mol. The highest BCUT2D eigenvalue weighted by Crippen LogP contribution is 2.23. The van der Waals surface area contributed by atoms with E-state index < -0.39 is 0 Å². The van der Waals surface area contributed by atoms with Crippen LogP contribution in [0.3, 0.4) is 0 Å². The lowest BCUT2D eigenvalue weighted by molar-refractivity contribution is 0.0688. The number of nitrogens with zero attached hydrogens (tertiary/aromatic N) is 2. The number of carbonyl (C=O) groups is 1. The van der Waals surface area contributed by atoms with E-state index in [0.717, 1.165) is 24.8 Å². The first-order valence-corrected chi connectivity index (χ1v) is 10.7. The van der Waals surface area contributed by atoms with Crippen molar-refractivity contribution in [1.29, 1.82) is 0 Å². The topological polar surface area (TPSA) is 51.5 Å². The molecule has 1 amide bonds. The summed E-state index contributed by atoms with van der Waals surface area (Å²) in [5.41, 5.74) is 2.15. The molecule has 0 bridgehead atoms. The number of pyridine rings is 1. The maximum atomic E-state index is 13.2. The van der Waals surface area contributed by atoms with E-state index in [1.54, 1.807) is 12.3 Å². The van der Waals surface area contributed by atoms with E-state index in [1.807, 2.05) is 41.6 Å². The molecule has 1 aliphatic heterocycles. The molecule has 156 valence electrons. The molecule has 5 heteroatoms. The van der Waals surface area contributed by atoms with Gasteiger partial charge in [-0.05, 0) is 55.9 Å². The number of piperidine rings is 1. The summed E-state index contributed by atoms with van der Waals surface area (Å²) in [6.45, 7) is 3.82. The van der Waals surface area contributed by atoms with Crippen LogP contribution in [-0.2, 0) is 13.5 Å². The summed E-state index contributed by atoms with van der Waals surface area (Å²) >= 11 is 0. The van der Waals surface area contributed by atoms with Crippen molar-refractivity contribution in [1.82, 2.24) is 9.47 Å². The Morgan fingerprint density at radius 1 is 1.10 bits per heavy atom. The fourth-order valence-electron chi connectivity index (χ4n) is 4.34. The normalized spacial score (nSPS) is 14.8. The van der Waals surface area contributed by atoms with E-state index in [0.29, 0.717) is 36.8 Å². The first-order valence-electron chi connectivity index (χ1n) is 10.7. The number of rotatable bonds is 5. The van der Waals surface area contributed by atoms with E-state index in [1.165, 1.54) is 5.56 Å². The van der Waals surface area contributed by atoms with Crippen LogP contribution in [0.25, 0.3) is 10.9 Å². The molecular formula is C25H28N2O3. The number of hydrogen-bond donors (Lipinski definition) is 0. The molecule has 4 rings (SSSR count). The molecule has 0 aliphatic carbocycles. The lowest BCUT2D eigenvalue weighted by Gasteiger charge is -2.32. The maximum Gasteiger partial charge on any atom is 0.259 e. The third-order valence-corrected chi connectivity index (χ3v) is 5.97. The molecule has 0 radical (unpaired) electrons. The molecule has 2 aromatic carbocycles. The Kier molecular flexibility index (Phi) is 5.88. The molecule has 5 nitrogen and oxygen atoms in total. The smallest absolute Gasteiger partial charge is 0.259 e. The molecule has 1 fully saturated rings. The minimum atomic E-state index is -0.221. The van der Waals surface area contributed by atoms with Gasteiger partial charge in [-0.15, -0.1) is 0 Å². The zero-order valence-corrected chi connectivity index (χ0v) is 17.6. The largest absolute Gasteiger partial charge is 0.494 e. The number of fused-ring (bicyclic) bond motifs is 1. The van der Waals surface area contributed by atoms with Crippen LogP contribution in [0.5, 0.6) is 5.75 Å². The molecule has 1 aromatic heterocycles. The summed E-state index contributed by atoms with van der Waals surface area (Å²) in [5, 5.41) is 0.522. The first kappa shape index (κ1) is 20.2. The lowest BCUT2D eigenvalue weighted by Crippen LogP contribution is -2.41. The van der Waals surface area contributed by atoms with Crippen LogP contribution in [0.4, 0.5) is 0 Å². The maximum absolute atomic E-state index is 13.2. The summed E-state index contributed by atoms with van der Waals surface area (Å²) in [6.07, 6.45) is 4.64. The number of likely N-dealkylation sites (tertiary alicyclic amines) is 1. The molecule has 3 aromatic rings. The van der Waals surface area contributed by atoms with Crippen LogP contribution in [-0.4, -0.2) is 35.1 Å². The molecule has 0 atom stereocenters. The summed E-state index contributed by atoms with van der Waals surface area (Å²) in [5.74, 6) is 1.05. The monoisotopic (exact) mass is 404 g/mol. The van der Waals surface area contributed by atoms with E-state index in [2.05, 4.69) is 24.3 Å². The Hall–Kier alpha value is -3.08. The van der Waals surface area contributed by atoms with Gasteiger partial charge in [0.1, 0.15) is 11.3 Å². The summed E-state index contributed by atoms with van der Waals surface area (Å²) in [6, 6.07) is 16.0. The zero-order valence-electron chi connectivity index (χ0n) is 17.6. The van der Waals surface area contributed by atoms with Gasteiger partial charge in [-0.1, -0.05) is 30.3 Å². The molecule has 2 heterocycles. The zero-order chi connectivity index (χ0) is 21.1.